The summed E-state index contributed by atoms with van der Waals surface area (Å²) in [7, 11) is -3.06. The maximum Gasteiger partial charge on any atom is 0.149 e. The van der Waals surface area contributed by atoms with Crippen LogP contribution >= 0.6 is 11.3 Å². The Balaban J connectivity index is 2.32. The van der Waals surface area contributed by atoms with Gasteiger partial charge in [0, 0.05) is 6.26 Å². The molecule has 0 saturated heterocycles. The summed E-state index contributed by atoms with van der Waals surface area (Å²) >= 11 is 1.60. The summed E-state index contributed by atoms with van der Waals surface area (Å²) in [5, 5.41) is 13.4. The summed E-state index contributed by atoms with van der Waals surface area (Å²) in [6.45, 7) is 0. The van der Waals surface area contributed by atoms with E-state index in [0.29, 0.717) is 6.42 Å². The Bertz CT molecular complexity index is 353. The van der Waals surface area contributed by atoms with E-state index >= 15 is 0 Å². The predicted molar refractivity (Wildman–Crippen MR) is 58.4 cm³/mol. The highest BCUT2D eigenvalue weighted by Gasteiger charge is 2.11. The lowest BCUT2D eigenvalue weighted by atomic mass is 10.1. The van der Waals surface area contributed by atoms with Crippen LogP contribution in [0.1, 0.15) is 12.0 Å². The Morgan fingerprint density at radius 1 is 1.57 bits per heavy atom. The quantitative estimate of drug-likeness (QED) is 0.829. The number of hydrogen-bond acceptors (Lipinski definition) is 4. The molecule has 0 aliphatic heterocycles. The van der Waals surface area contributed by atoms with E-state index < -0.39 is 15.9 Å². The normalized spacial score (nSPS) is 14.1. The third-order valence-corrected chi connectivity index (χ3v) is 3.56. The minimum absolute atomic E-state index is 0.142. The smallest absolute Gasteiger partial charge is 0.149 e. The van der Waals surface area contributed by atoms with E-state index in [2.05, 4.69) is 0 Å². The van der Waals surface area contributed by atoms with Crippen molar-refractivity contribution in [2.75, 3.05) is 12.0 Å². The molecule has 0 saturated carbocycles. The topological polar surface area (TPSA) is 54.4 Å². The maximum atomic E-state index is 10.8. The van der Waals surface area contributed by atoms with Gasteiger partial charge in [-0.25, -0.2) is 8.42 Å². The van der Waals surface area contributed by atoms with Crippen molar-refractivity contribution in [3.05, 3.63) is 22.4 Å². The van der Waals surface area contributed by atoms with Gasteiger partial charge in [0.1, 0.15) is 9.84 Å². The zero-order chi connectivity index (χ0) is 10.6. The molecular weight excluding hydrogens is 220 g/mol. The van der Waals surface area contributed by atoms with Gasteiger partial charge in [-0.1, -0.05) is 0 Å². The van der Waals surface area contributed by atoms with Gasteiger partial charge in [0.15, 0.2) is 0 Å². The van der Waals surface area contributed by atoms with Gasteiger partial charge in [0.25, 0.3) is 0 Å². The molecule has 0 spiro atoms. The fourth-order valence-corrected chi connectivity index (χ4v) is 2.77. The Hall–Kier alpha value is -0.390. The fraction of sp³-hybridized carbons (Fsp3) is 0.556. The summed E-state index contributed by atoms with van der Waals surface area (Å²) in [6, 6.07) is 1.98. The lowest BCUT2D eigenvalue weighted by Crippen LogP contribution is -2.20. The number of thiophene rings is 1. The summed E-state index contributed by atoms with van der Waals surface area (Å²) in [5.74, 6) is -0.142. The maximum absolute atomic E-state index is 10.8. The van der Waals surface area contributed by atoms with Crippen molar-refractivity contribution in [1.29, 1.82) is 0 Å². The molecule has 0 bridgehead atoms. The highest BCUT2D eigenvalue weighted by Crippen LogP contribution is 2.10. The zero-order valence-corrected chi connectivity index (χ0v) is 9.64. The molecule has 1 aromatic rings. The highest BCUT2D eigenvalue weighted by atomic mass is 32.2. The Morgan fingerprint density at radius 3 is 2.79 bits per heavy atom. The van der Waals surface area contributed by atoms with E-state index in [1.807, 2.05) is 16.8 Å². The molecule has 0 aliphatic rings. The molecule has 0 aromatic carbocycles. The average molecular weight is 234 g/mol. The summed E-state index contributed by atoms with van der Waals surface area (Å²) in [4.78, 5) is 0. The van der Waals surface area contributed by atoms with Crippen LogP contribution in [0, 0.1) is 0 Å². The summed E-state index contributed by atoms with van der Waals surface area (Å²) in [5.41, 5.74) is 1.16. The molecule has 0 aliphatic carbocycles. The second-order valence-electron chi connectivity index (χ2n) is 3.42. The van der Waals surface area contributed by atoms with Crippen LogP contribution in [0.2, 0.25) is 0 Å². The van der Waals surface area contributed by atoms with Crippen molar-refractivity contribution < 1.29 is 13.5 Å². The van der Waals surface area contributed by atoms with Gasteiger partial charge < -0.3 is 5.11 Å². The first-order chi connectivity index (χ1) is 6.47. The lowest BCUT2D eigenvalue weighted by molar-refractivity contribution is 0.187. The predicted octanol–water partition coefficient (Wildman–Crippen LogP) is 1.09. The molecule has 1 rings (SSSR count). The SMILES string of the molecule is CS(=O)(=O)CC(O)CCc1ccsc1. The molecule has 0 fully saturated rings. The van der Waals surface area contributed by atoms with Crippen LogP contribution in [0.5, 0.6) is 0 Å². The molecule has 0 radical (unpaired) electrons. The number of hydrogen-bond donors (Lipinski definition) is 1. The third kappa shape index (κ3) is 4.74. The van der Waals surface area contributed by atoms with Crippen molar-refractivity contribution >= 4 is 21.2 Å². The van der Waals surface area contributed by atoms with E-state index in [1.165, 1.54) is 0 Å². The molecule has 1 unspecified atom stereocenters. The number of aryl methyl sites for hydroxylation is 1. The molecule has 1 aromatic heterocycles. The summed E-state index contributed by atoms with van der Waals surface area (Å²) < 4.78 is 21.7. The first-order valence-electron chi connectivity index (χ1n) is 4.34. The number of sulfone groups is 1. The van der Waals surface area contributed by atoms with E-state index in [4.69, 9.17) is 0 Å². The van der Waals surface area contributed by atoms with Crippen molar-refractivity contribution in [3.8, 4) is 0 Å². The molecular formula is C9H14O3S2. The van der Waals surface area contributed by atoms with E-state index in [-0.39, 0.29) is 5.75 Å². The monoisotopic (exact) mass is 234 g/mol. The first-order valence-corrected chi connectivity index (χ1v) is 7.34. The molecule has 1 N–H and O–H groups in total. The number of rotatable bonds is 5. The highest BCUT2D eigenvalue weighted by molar-refractivity contribution is 7.90. The minimum atomic E-state index is -3.06. The first kappa shape index (κ1) is 11.7. The average Bonchev–Trinajstić information content (AvgIpc) is 2.49. The molecule has 3 nitrogen and oxygen atoms in total. The van der Waals surface area contributed by atoms with Gasteiger partial charge in [-0.2, -0.15) is 11.3 Å². The minimum Gasteiger partial charge on any atom is -0.392 e. The van der Waals surface area contributed by atoms with Crippen molar-refractivity contribution in [1.82, 2.24) is 0 Å². The molecule has 14 heavy (non-hydrogen) atoms. The van der Waals surface area contributed by atoms with Gasteiger partial charge in [0.05, 0.1) is 11.9 Å². The molecule has 5 heteroatoms. The van der Waals surface area contributed by atoms with Gasteiger partial charge >= 0.3 is 0 Å². The number of aliphatic hydroxyl groups is 1. The zero-order valence-electron chi connectivity index (χ0n) is 8.01. The summed E-state index contributed by atoms with van der Waals surface area (Å²) in [6.07, 6.45) is 1.63. The van der Waals surface area contributed by atoms with Gasteiger partial charge in [0.2, 0.25) is 0 Å². The van der Waals surface area contributed by atoms with Crippen LogP contribution in [-0.2, 0) is 16.3 Å². The second kappa shape index (κ2) is 4.91. The Kier molecular flexibility index (Phi) is 4.10. The van der Waals surface area contributed by atoms with E-state index in [9.17, 15) is 13.5 Å². The van der Waals surface area contributed by atoms with E-state index in [0.717, 1.165) is 18.2 Å². The van der Waals surface area contributed by atoms with Gasteiger partial charge in [-0.3, -0.25) is 0 Å². The molecule has 80 valence electrons. The van der Waals surface area contributed by atoms with Crippen LogP contribution in [0.25, 0.3) is 0 Å². The third-order valence-electron chi connectivity index (χ3n) is 1.84. The number of aliphatic hydroxyl groups excluding tert-OH is 1. The fourth-order valence-electron chi connectivity index (χ4n) is 1.20. The molecule has 1 atom stereocenters. The largest absolute Gasteiger partial charge is 0.392 e. The standard InChI is InChI=1S/C9H14O3S2/c1-14(11,12)7-9(10)3-2-8-4-5-13-6-8/h4-6,9-10H,2-3,7H2,1H3. The van der Waals surface area contributed by atoms with Crippen molar-refractivity contribution in [2.45, 2.75) is 18.9 Å². The van der Waals surface area contributed by atoms with Crippen molar-refractivity contribution in [3.63, 3.8) is 0 Å². The van der Waals surface area contributed by atoms with Crippen molar-refractivity contribution in [2.24, 2.45) is 0 Å². The van der Waals surface area contributed by atoms with Gasteiger partial charge in [-0.15, -0.1) is 0 Å². The van der Waals surface area contributed by atoms with Gasteiger partial charge in [-0.05, 0) is 35.2 Å². The Morgan fingerprint density at radius 2 is 2.29 bits per heavy atom. The van der Waals surface area contributed by atoms with Crippen LogP contribution in [-0.4, -0.2) is 31.6 Å². The van der Waals surface area contributed by atoms with Crippen LogP contribution < -0.4 is 0 Å². The lowest BCUT2D eigenvalue weighted by Gasteiger charge is -2.07. The van der Waals surface area contributed by atoms with Crippen LogP contribution in [0.15, 0.2) is 16.8 Å². The Labute approximate surface area is 88.3 Å². The van der Waals surface area contributed by atoms with Crippen LogP contribution in [0.3, 0.4) is 0 Å². The second-order valence-corrected chi connectivity index (χ2v) is 6.38. The molecule has 1 heterocycles. The van der Waals surface area contributed by atoms with Crippen LogP contribution in [0.4, 0.5) is 0 Å². The molecule has 0 amide bonds. The van der Waals surface area contributed by atoms with E-state index in [1.54, 1.807) is 11.3 Å².